The van der Waals surface area contributed by atoms with Crippen LogP contribution < -0.4 is 10.6 Å². The van der Waals surface area contributed by atoms with E-state index in [9.17, 15) is 4.79 Å². The lowest BCUT2D eigenvalue weighted by atomic mass is 10.1. The SMILES string of the molecule is O=C(N[C@@H]1CCCNC1)N1CCCCCC1. The highest BCUT2D eigenvalue weighted by atomic mass is 16.2. The molecule has 0 spiro atoms. The molecule has 2 aliphatic heterocycles. The van der Waals surface area contributed by atoms with Crippen LogP contribution in [0.15, 0.2) is 0 Å². The van der Waals surface area contributed by atoms with Gasteiger partial charge in [0, 0.05) is 25.7 Å². The van der Waals surface area contributed by atoms with Crippen LogP contribution >= 0.6 is 0 Å². The third kappa shape index (κ3) is 3.37. The van der Waals surface area contributed by atoms with Crippen LogP contribution in [0, 0.1) is 0 Å². The average molecular weight is 225 g/mol. The van der Waals surface area contributed by atoms with E-state index in [1.54, 1.807) is 0 Å². The summed E-state index contributed by atoms with van der Waals surface area (Å²) in [6, 6.07) is 0.486. The van der Waals surface area contributed by atoms with Gasteiger partial charge in [-0.05, 0) is 32.2 Å². The van der Waals surface area contributed by atoms with Gasteiger partial charge in [0.1, 0.15) is 0 Å². The fourth-order valence-electron chi connectivity index (χ4n) is 2.51. The smallest absolute Gasteiger partial charge is 0.317 e. The van der Waals surface area contributed by atoms with Crippen LogP contribution in [0.4, 0.5) is 4.79 Å². The quantitative estimate of drug-likeness (QED) is 0.707. The summed E-state index contributed by atoms with van der Waals surface area (Å²) in [6.45, 7) is 3.90. The molecular formula is C12H23N3O. The summed E-state index contributed by atoms with van der Waals surface area (Å²) >= 11 is 0. The Morgan fingerprint density at radius 1 is 1.12 bits per heavy atom. The van der Waals surface area contributed by atoms with Crippen molar-refractivity contribution in [2.45, 2.75) is 44.6 Å². The van der Waals surface area contributed by atoms with Crippen LogP contribution in [0.3, 0.4) is 0 Å². The number of carbonyl (C=O) groups excluding carboxylic acids is 1. The Kier molecular flexibility index (Phi) is 4.45. The molecule has 1 atom stereocenters. The standard InChI is InChI=1S/C12H23N3O/c16-12(14-11-6-5-7-13-10-11)15-8-3-1-2-4-9-15/h11,13H,1-10H2,(H,14,16)/t11-/m1/s1. The molecule has 2 N–H and O–H groups in total. The van der Waals surface area contributed by atoms with Crippen molar-refractivity contribution in [2.75, 3.05) is 26.2 Å². The highest BCUT2D eigenvalue weighted by Gasteiger charge is 2.20. The molecule has 0 bridgehead atoms. The van der Waals surface area contributed by atoms with Crippen molar-refractivity contribution in [2.24, 2.45) is 0 Å². The van der Waals surface area contributed by atoms with E-state index in [1.165, 1.54) is 19.3 Å². The number of urea groups is 1. The zero-order valence-electron chi connectivity index (χ0n) is 10.0. The van der Waals surface area contributed by atoms with Crippen LogP contribution in [-0.2, 0) is 0 Å². The molecule has 0 saturated carbocycles. The molecular weight excluding hydrogens is 202 g/mol. The van der Waals surface area contributed by atoms with Crippen molar-refractivity contribution in [3.05, 3.63) is 0 Å². The molecule has 2 heterocycles. The zero-order chi connectivity index (χ0) is 11.2. The average Bonchev–Trinajstić information content (AvgIpc) is 2.59. The van der Waals surface area contributed by atoms with Crippen molar-refractivity contribution >= 4 is 6.03 Å². The molecule has 2 rings (SSSR count). The first-order valence-electron chi connectivity index (χ1n) is 6.62. The van der Waals surface area contributed by atoms with Crippen LogP contribution in [0.5, 0.6) is 0 Å². The number of carbonyl (C=O) groups is 1. The summed E-state index contributed by atoms with van der Waals surface area (Å²) in [5, 5.41) is 6.46. The maximum absolute atomic E-state index is 12.0. The van der Waals surface area contributed by atoms with Gasteiger partial charge < -0.3 is 15.5 Å². The molecule has 0 aromatic carbocycles. The van der Waals surface area contributed by atoms with Gasteiger partial charge in [0.15, 0.2) is 0 Å². The van der Waals surface area contributed by atoms with E-state index >= 15 is 0 Å². The molecule has 0 aromatic rings. The number of amides is 2. The molecule has 0 unspecified atom stereocenters. The molecule has 2 aliphatic rings. The molecule has 2 fully saturated rings. The highest BCUT2D eigenvalue weighted by molar-refractivity contribution is 5.74. The van der Waals surface area contributed by atoms with Crippen LogP contribution in [0.1, 0.15) is 38.5 Å². The number of hydrogen-bond acceptors (Lipinski definition) is 2. The largest absolute Gasteiger partial charge is 0.334 e. The summed E-state index contributed by atoms with van der Waals surface area (Å²) in [4.78, 5) is 14.0. The summed E-state index contributed by atoms with van der Waals surface area (Å²) in [5.74, 6) is 0. The summed E-state index contributed by atoms with van der Waals surface area (Å²) < 4.78 is 0. The van der Waals surface area contributed by atoms with Gasteiger partial charge in [0.05, 0.1) is 0 Å². The molecule has 0 aliphatic carbocycles. The molecule has 2 saturated heterocycles. The second kappa shape index (κ2) is 6.09. The normalized spacial score (nSPS) is 27.2. The van der Waals surface area contributed by atoms with Crippen LogP contribution in [0.2, 0.25) is 0 Å². The molecule has 4 heteroatoms. The van der Waals surface area contributed by atoms with Crippen molar-refractivity contribution in [3.63, 3.8) is 0 Å². The van der Waals surface area contributed by atoms with Crippen LogP contribution in [0.25, 0.3) is 0 Å². The number of hydrogen-bond donors (Lipinski definition) is 2. The second-order valence-electron chi connectivity index (χ2n) is 4.89. The van der Waals surface area contributed by atoms with Gasteiger partial charge >= 0.3 is 6.03 Å². The minimum Gasteiger partial charge on any atom is -0.334 e. The van der Waals surface area contributed by atoms with Gasteiger partial charge in [0.25, 0.3) is 0 Å². The number of nitrogens with zero attached hydrogens (tertiary/aromatic N) is 1. The molecule has 0 radical (unpaired) electrons. The third-order valence-electron chi connectivity index (χ3n) is 3.52. The molecule has 2 amide bonds. The van der Waals surface area contributed by atoms with Gasteiger partial charge in [-0.3, -0.25) is 0 Å². The number of piperidine rings is 1. The van der Waals surface area contributed by atoms with E-state index < -0.39 is 0 Å². The lowest BCUT2D eigenvalue weighted by Gasteiger charge is -2.28. The van der Waals surface area contributed by atoms with Crippen molar-refractivity contribution in [3.8, 4) is 0 Å². The van der Waals surface area contributed by atoms with Crippen molar-refractivity contribution in [1.29, 1.82) is 0 Å². The maximum atomic E-state index is 12.0. The summed E-state index contributed by atoms with van der Waals surface area (Å²) in [7, 11) is 0. The summed E-state index contributed by atoms with van der Waals surface area (Å²) in [6.07, 6.45) is 7.16. The topological polar surface area (TPSA) is 44.4 Å². The van der Waals surface area contributed by atoms with Crippen molar-refractivity contribution in [1.82, 2.24) is 15.5 Å². The molecule has 4 nitrogen and oxygen atoms in total. The fraction of sp³-hybridized carbons (Fsp3) is 0.917. The van der Waals surface area contributed by atoms with E-state index in [0.717, 1.165) is 45.4 Å². The lowest BCUT2D eigenvalue weighted by molar-refractivity contribution is 0.193. The summed E-state index contributed by atoms with van der Waals surface area (Å²) in [5.41, 5.74) is 0. The van der Waals surface area contributed by atoms with Gasteiger partial charge in [0.2, 0.25) is 0 Å². The van der Waals surface area contributed by atoms with Gasteiger partial charge in [-0.1, -0.05) is 12.8 Å². The Morgan fingerprint density at radius 2 is 1.88 bits per heavy atom. The lowest BCUT2D eigenvalue weighted by Crippen LogP contribution is -2.50. The predicted molar refractivity (Wildman–Crippen MR) is 64.5 cm³/mol. The fourth-order valence-corrected chi connectivity index (χ4v) is 2.51. The Hall–Kier alpha value is -0.770. The Labute approximate surface area is 97.8 Å². The van der Waals surface area contributed by atoms with Crippen molar-refractivity contribution < 1.29 is 4.79 Å². The first kappa shape index (κ1) is 11.7. The zero-order valence-corrected chi connectivity index (χ0v) is 10.0. The number of nitrogens with one attached hydrogen (secondary N) is 2. The maximum Gasteiger partial charge on any atom is 0.317 e. The highest BCUT2D eigenvalue weighted by Crippen LogP contribution is 2.10. The number of rotatable bonds is 1. The molecule has 16 heavy (non-hydrogen) atoms. The Bertz CT molecular complexity index is 218. The van der Waals surface area contributed by atoms with E-state index in [4.69, 9.17) is 0 Å². The van der Waals surface area contributed by atoms with Gasteiger partial charge in [-0.25, -0.2) is 4.79 Å². The first-order chi connectivity index (χ1) is 7.86. The van der Waals surface area contributed by atoms with E-state index in [1.807, 2.05) is 4.90 Å². The molecule has 0 aromatic heterocycles. The van der Waals surface area contributed by atoms with E-state index in [2.05, 4.69) is 10.6 Å². The minimum absolute atomic E-state index is 0.149. The van der Waals surface area contributed by atoms with E-state index in [0.29, 0.717) is 6.04 Å². The number of likely N-dealkylation sites (tertiary alicyclic amines) is 1. The van der Waals surface area contributed by atoms with Gasteiger partial charge in [-0.15, -0.1) is 0 Å². The van der Waals surface area contributed by atoms with E-state index in [-0.39, 0.29) is 6.03 Å². The third-order valence-corrected chi connectivity index (χ3v) is 3.52. The van der Waals surface area contributed by atoms with Gasteiger partial charge in [-0.2, -0.15) is 0 Å². The minimum atomic E-state index is 0.149. The Morgan fingerprint density at radius 3 is 2.50 bits per heavy atom. The monoisotopic (exact) mass is 225 g/mol. The van der Waals surface area contributed by atoms with Crippen LogP contribution in [-0.4, -0.2) is 43.2 Å². The predicted octanol–water partition coefficient (Wildman–Crippen LogP) is 1.32. The Balaban J connectivity index is 1.76. The molecule has 92 valence electrons. The first-order valence-corrected chi connectivity index (χ1v) is 6.62. The second-order valence-corrected chi connectivity index (χ2v) is 4.89.